The van der Waals surface area contributed by atoms with Gasteiger partial charge >= 0.3 is 0 Å². The Morgan fingerprint density at radius 1 is 1.35 bits per heavy atom. The lowest BCUT2D eigenvalue weighted by Gasteiger charge is -2.23. The molecule has 26 heavy (non-hydrogen) atoms. The van der Waals surface area contributed by atoms with E-state index < -0.39 is 29.9 Å². The fourth-order valence-corrected chi connectivity index (χ4v) is 3.63. The third kappa shape index (κ3) is 2.64. The molecule has 134 valence electrons. The zero-order valence-electron chi connectivity index (χ0n) is 13.8. The number of nitrogens with one attached hydrogen (secondary N) is 1. The molecule has 0 saturated carbocycles. The number of hydrogen-bond donors (Lipinski definition) is 2. The first-order chi connectivity index (χ1) is 12.5. The van der Waals surface area contributed by atoms with Crippen molar-refractivity contribution >= 4 is 16.9 Å². The Balaban J connectivity index is 1.70. The molecule has 0 spiro atoms. The maximum Gasteiger partial charge on any atom is 0.256 e. The highest BCUT2D eigenvalue weighted by Gasteiger charge is 2.49. The largest absolute Gasteiger partial charge is 0.393 e. The molecule has 2 heterocycles. The average Bonchev–Trinajstić information content (AvgIpc) is 3.26. The van der Waals surface area contributed by atoms with Crippen LogP contribution in [-0.4, -0.2) is 51.2 Å². The number of benzene rings is 2. The Kier molecular flexibility index (Phi) is 3.96. The molecule has 2 aromatic carbocycles. The van der Waals surface area contributed by atoms with Crippen LogP contribution in [0.1, 0.15) is 21.8 Å². The fraction of sp³-hybridized carbons (Fsp3) is 0.263. The van der Waals surface area contributed by atoms with E-state index in [0.717, 1.165) is 6.07 Å². The first-order valence-electron chi connectivity index (χ1n) is 8.28. The Hall–Kier alpha value is -2.80. The van der Waals surface area contributed by atoms with Gasteiger partial charge in [0.2, 0.25) is 0 Å². The van der Waals surface area contributed by atoms with E-state index in [1.165, 1.54) is 17.3 Å². The van der Waals surface area contributed by atoms with Crippen LogP contribution < -0.4 is 0 Å². The van der Waals surface area contributed by atoms with Crippen LogP contribution in [0.15, 0.2) is 48.8 Å². The number of aromatic nitrogens is 2. The third-order valence-corrected chi connectivity index (χ3v) is 4.95. The lowest BCUT2D eigenvalue weighted by Crippen LogP contribution is -2.37. The van der Waals surface area contributed by atoms with E-state index in [9.17, 15) is 14.3 Å². The number of halogens is 2. The monoisotopic (exact) mass is 357 g/mol. The van der Waals surface area contributed by atoms with Crippen LogP contribution in [0.25, 0.3) is 11.0 Å². The zero-order chi connectivity index (χ0) is 18.3. The number of fused-ring (bicyclic) bond motifs is 1. The van der Waals surface area contributed by atoms with Crippen LogP contribution >= 0.6 is 0 Å². The predicted molar refractivity (Wildman–Crippen MR) is 92.1 cm³/mol. The van der Waals surface area contributed by atoms with E-state index in [1.807, 2.05) is 6.07 Å². The maximum atomic E-state index is 15.3. The molecule has 2 atom stereocenters. The Morgan fingerprint density at radius 3 is 2.85 bits per heavy atom. The molecular weight excluding hydrogens is 340 g/mol. The first kappa shape index (κ1) is 16.7. The van der Waals surface area contributed by atoms with Crippen LogP contribution in [0.3, 0.4) is 0 Å². The molecule has 1 fully saturated rings. The summed E-state index contributed by atoms with van der Waals surface area (Å²) >= 11 is 0. The van der Waals surface area contributed by atoms with Crippen molar-refractivity contribution in [1.29, 1.82) is 0 Å². The van der Waals surface area contributed by atoms with Gasteiger partial charge in [-0.15, -0.1) is 0 Å². The van der Waals surface area contributed by atoms with Gasteiger partial charge in [0.1, 0.15) is 11.3 Å². The van der Waals surface area contributed by atoms with Crippen LogP contribution in [0.2, 0.25) is 0 Å². The summed E-state index contributed by atoms with van der Waals surface area (Å²) in [7, 11) is 0. The molecule has 1 aliphatic rings. The standard InChI is InChI=1S/C19H17F2N3O2/c20-13-6-14(17-16(7-13)22-11-23-17)18(26)24-8-15(19(21,9-24)10-25)12-4-2-1-3-5-12/h1-7,11,15,25H,8-10H2,(H,22,23)/t15-,19-/m1/s1. The van der Waals surface area contributed by atoms with Crippen LogP contribution in [0.4, 0.5) is 8.78 Å². The van der Waals surface area contributed by atoms with Crippen molar-refractivity contribution in [2.24, 2.45) is 0 Å². The minimum Gasteiger partial charge on any atom is -0.393 e. The van der Waals surface area contributed by atoms with E-state index in [-0.39, 0.29) is 18.7 Å². The van der Waals surface area contributed by atoms with Gasteiger partial charge in [-0.3, -0.25) is 4.79 Å². The van der Waals surface area contributed by atoms with Crippen molar-refractivity contribution in [1.82, 2.24) is 14.9 Å². The molecule has 1 aromatic heterocycles. The molecule has 0 aliphatic carbocycles. The number of aliphatic hydroxyl groups is 1. The maximum absolute atomic E-state index is 15.3. The summed E-state index contributed by atoms with van der Waals surface area (Å²) in [6, 6.07) is 11.3. The lowest BCUT2D eigenvalue weighted by molar-refractivity contribution is 0.0576. The lowest BCUT2D eigenvalue weighted by atomic mass is 9.87. The second-order valence-electron chi connectivity index (χ2n) is 6.59. The number of amides is 1. The van der Waals surface area contributed by atoms with Gasteiger partial charge < -0.3 is 15.0 Å². The normalized spacial score (nSPS) is 22.9. The van der Waals surface area contributed by atoms with Gasteiger partial charge in [-0.05, 0) is 17.7 Å². The number of carbonyl (C=O) groups excluding carboxylic acids is 1. The minimum absolute atomic E-state index is 0.0789. The average molecular weight is 357 g/mol. The molecule has 3 aromatic rings. The number of nitrogens with zero attached hydrogens (tertiary/aromatic N) is 2. The third-order valence-electron chi connectivity index (χ3n) is 4.95. The molecule has 2 N–H and O–H groups in total. The highest BCUT2D eigenvalue weighted by atomic mass is 19.1. The Bertz CT molecular complexity index is 960. The Morgan fingerprint density at radius 2 is 2.12 bits per heavy atom. The van der Waals surface area contributed by atoms with Crippen molar-refractivity contribution in [2.45, 2.75) is 11.6 Å². The molecule has 1 amide bonds. The van der Waals surface area contributed by atoms with Crippen molar-refractivity contribution in [2.75, 3.05) is 19.7 Å². The predicted octanol–water partition coefficient (Wildman–Crippen LogP) is 2.64. The van der Waals surface area contributed by atoms with E-state index in [1.54, 1.807) is 24.3 Å². The van der Waals surface area contributed by atoms with Gasteiger partial charge in [-0.25, -0.2) is 13.8 Å². The van der Waals surface area contributed by atoms with Gasteiger partial charge in [0, 0.05) is 12.5 Å². The quantitative estimate of drug-likeness (QED) is 0.757. The number of rotatable bonds is 3. The summed E-state index contributed by atoms with van der Waals surface area (Å²) in [4.78, 5) is 21.1. The van der Waals surface area contributed by atoms with E-state index >= 15 is 4.39 Å². The number of H-pyrrole nitrogens is 1. The molecule has 1 saturated heterocycles. The second-order valence-corrected chi connectivity index (χ2v) is 6.59. The number of likely N-dealkylation sites (tertiary alicyclic amines) is 1. The number of aromatic amines is 1. The summed E-state index contributed by atoms with van der Waals surface area (Å²) in [5, 5.41) is 9.62. The topological polar surface area (TPSA) is 69.2 Å². The minimum atomic E-state index is -1.95. The summed E-state index contributed by atoms with van der Waals surface area (Å²) < 4.78 is 29.2. The van der Waals surface area contributed by atoms with Crippen LogP contribution in [0, 0.1) is 5.82 Å². The fourth-order valence-electron chi connectivity index (χ4n) is 3.63. The molecular formula is C19H17F2N3O2. The summed E-state index contributed by atoms with van der Waals surface area (Å²) in [6.45, 7) is -0.857. The van der Waals surface area contributed by atoms with E-state index in [4.69, 9.17) is 0 Å². The molecule has 0 unspecified atom stereocenters. The smallest absolute Gasteiger partial charge is 0.256 e. The molecule has 5 nitrogen and oxygen atoms in total. The summed E-state index contributed by atoms with van der Waals surface area (Å²) in [5.74, 6) is -1.73. The number of hydrogen-bond acceptors (Lipinski definition) is 3. The number of carbonyl (C=O) groups is 1. The van der Waals surface area contributed by atoms with Gasteiger partial charge in [0.25, 0.3) is 5.91 Å². The molecule has 0 bridgehead atoms. The first-order valence-corrected chi connectivity index (χ1v) is 8.28. The van der Waals surface area contributed by atoms with Gasteiger partial charge in [0.15, 0.2) is 5.67 Å². The highest BCUT2D eigenvalue weighted by Crippen LogP contribution is 2.39. The summed E-state index contributed by atoms with van der Waals surface area (Å²) in [5.41, 5.74) is -0.415. The zero-order valence-corrected chi connectivity index (χ0v) is 13.8. The van der Waals surface area contributed by atoms with Crippen LogP contribution in [0.5, 0.6) is 0 Å². The SMILES string of the molecule is O=C(c1cc(F)cc2[nH]cnc12)N1C[C@H](c2ccccc2)[C@](F)(CO)C1. The molecule has 0 radical (unpaired) electrons. The van der Waals surface area contributed by atoms with Crippen molar-refractivity contribution in [3.8, 4) is 0 Å². The molecule has 7 heteroatoms. The summed E-state index contributed by atoms with van der Waals surface area (Å²) in [6.07, 6.45) is 1.38. The van der Waals surface area contributed by atoms with Crippen molar-refractivity contribution in [3.63, 3.8) is 0 Å². The number of alkyl halides is 1. The van der Waals surface area contributed by atoms with E-state index in [0.29, 0.717) is 16.6 Å². The van der Waals surface area contributed by atoms with Crippen molar-refractivity contribution < 1.29 is 18.7 Å². The van der Waals surface area contributed by atoms with Gasteiger partial charge in [-0.2, -0.15) is 0 Å². The van der Waals surface area contributed by atoms with Crippen LogP contribution in [-0.2, 0) is 0 Å². The van der Waals surface area contributed by atoms with E-state index in [2.05, 4.69) is 9.97 Å². The second kappa shape index (κ2) is 6.17. The number of imidazole rings is 1. The van der Waals surface area contributed by atoms with Gasteiger partial charge in [0.05, 0.1) is 30.6 Å². The molecule has 4 rings (SSSR count). The molecule has 1 aliphatic heterocycles. The Labute approximate surface area is 148 Å². The highest BCUT2D eigenvalue weighted by molar-refractivity contribution is 6.05. The van der Waals surface area contributed by atoms with Crippen molar-refractivity contribution in [3.05, 3.63) is 65.7 Å². The van der Waals surface area contributed by atoms with Gasteiger partial charge in [-0.1, -0.05) is 30.3 Å². The number of aliphatic hydroxyl groups excluding tert-OH is 1.